The van der Waals surface area contributed by atoms with Crippen LogP contribution in [0.1, 0.15) is 5.56 Å². The lowest BCUT2D eigenvalue weighted by Gasteiger charge is -2.20. The maximum Gasteiger partial charge on any atom is 0.142 e. The highest BCUT2D eigenvalue weighted by Crippen LogP contribution is 2.16. The summed E-state index contributed by atoms with van der Waals surface area (Å²) in [5, 5.41) is 0.146. The Morgan fingerprint density at radius 3 is 2.31 bits per heavy atom. The van der Waals surface area contributed by atoms with Crippen molar-refractivity contribution in [3.63, 3.8) is 0 Å². The Kier molecular flexibility index (Phi) is 5.69. The van der Waals surface area contributed by atoms with Gasteiger partial charge in [-0.05, 0) is 17.7 Å². The van der Waals surface area contributed by atoms with Crippen LogP contribution in [0.5, 0.6) is 0 Å². The Morgan fingerprint density at radius 2 is 1.81 bits per heavy atom. The normalized spacial score (nSPS) is 11.1. The molecule has 1 aromatic carbocycles. The van der Waals surface area contributed by atoms with E-state index in [9.17, 15) is 4.39 Å². The second-order valence-electron chi connectivity index (χ2n) is 3.60. The molecule has 0 atom stereocenters. The number of hydrogen-bond acceptors (Lipinski definition) is 3. The van der Waals surface area contributed by atoms with Gasteiger partial charge in [0.2, 0.25) is 0 Å². The molecule has 16 heavy (non-hydrogen) atoms. The predicted octanol–water partition coefficient (Wildman–Crippen LogP) is 1.20. The average molecular weight is 246 g/mol. The zero-order chi connectivity index (χ0) is 12.0. The van der Waals surface area contributed by atoms with Crippen LogP contribution in [0.4, 0.5) is 4.39 Å². The number of benzene rings is 1. The van der Waals surface area contributed by atoms with Crippen molar-refractivity contribution in [3.05, 3.63) is 34.6 Å². The molecule has 0 aromatic heterocycles. The third kappa shape index (κ3) is 4.06. The molecule has 0 spiro atoms. The van der Waals surface area contributed by atoms with Crippen LogP contribution in [0.2, 0.25) is 5.02 Å². The highest BCUT2D eigenvalue weighted by Gasteiger charge is 2.06. The minimum atomic E-state index is -0.389. The molecule has 0 fully saturated rings. The molecule has 0 radical (unpaired) electrons. The largest absolute Gasteiger partial charge is 0.329 e. The predicted molar refractivity (Wildman–Crippen MR) is 64.8 cm³/mol. The van der Waals surface area contributed by atoms with Crippen molar-refractivity contribution in [2.75, 3.05) is 26.2 Å². The summed E-state index contributed by atoms with van der Waals surface area (Å²) >= 11 is 5.61. The van der Waals surface area contributed by atoms with Gasteiger partial charge in [-0.25, -0.2) is 4.39 Å². The summed E-state index contributed by atoms with van der Waals surface area (Å²) in [5.41, 5.74) is 11.9. The number of rotatable bonds is 6. The number of halogens is 2. The molecule has 0 aliphatic rings. The van der Waals surface area contributed by atoms with Gasteiger partial charge in [-0.3, -0.25) is 4.90 Å². The van der Waals surface area contributed by atoms with Crippen LogP contribution in [-0.4, -0.2) is 31.1 Å². The minimum Gasteiger partial charge on any atom is -0.329 e. The minimum absolute atomic E-state index is 0.146. The first-order valence-electron chi connectivity index (χ1n) is 5.23. The van der Waals surface area contributed by atoms with Crippen molar-refractivity contribution in [2.45, 2.75) is 6.54 Å². The van der Waals surface area contributed by atoms with E-state index >= 15 is 0 Å². The summed E-state index contributed by atoms with van der Waals surface area (Å²) in [6.07, 6.45) is 0. The van der Waals surface area contributed by atoms with E-state index in [1.54, 1.807) is 6.07 Å². The second kappa shape index (κ2) is 6.81. The van der Waals surface area contributed by atoms with Crippen LogP contribution in [0.3, 0.4) is 0 Å². The van der Waals surface area contributed by atoms with Gasteiger partial charge in [0.1, 0.15) is 5.82 Å². The first kappa shape index (κ1) is 13.4. The van der Waals surface area contributed by atoms with Crippen LogP contribution in [0, 0.1) is 5.82 Å². The van der Waals surface area contributed by atoms with E-state index in [2.05, 4.69) is 4.90 Å². The van der Waals surface area contributed by atoms with E-state index in [4.69, 9.17) is 23.1 Å². The monoisotopic (exact) mass is 245 g/mol. The lowest BCUT2D eigenvalue weighted by molar-refractivity contribution is 0.280. The molecule has 3 nitrogen and oxygen atoms in total. The summed E-state index contributed by atoms with van der Waals surface area (Å²) in [6.45, 7) is 3.28. The Hall–Kier alpha value is -0.680. The summed E-state index contributed by atoms with van der Waals surface area (Å²) in [5.74, 6) is -0.389. The smallest absolute Gasteiger partial charge is 0.142 e. The van der Waals surface area contributed by atoms with Crippen molar-refractivity contribution < 1.29 is 4.39 Å². The molecular weight excluding hydrogens is 229 g/mol. The highest BCUT2D eigenvalue weighted by atomic mass is 35.5. The fraction of sp³-hybridized carbons (Fsp3) is 0.455. The fourth-order valence-electron chi connectivity index (χ4n) is 1.53. The van der Waals surface area contributed by atoms with E-state index in [0.29, 0.717) is 19.6 Å². The second-order valence-corrected chi connectivity index (χ2v) is 4.01. The zero-order valence-electron chi connectivity index (χ0n) is 9.13. The summed E-state index contributed by atoms with van der Waals surface area (Å²) in [7, 11) is 0. The van der Waals surface area contributed by atoms with Crippen molar-refractivity contribution in [3.8, 4) is 0 Å². The SMILES string of the molecule is NCCN(CCN)Cc1ccc(Cl)c(F)c1. The van der Waals surface area contributed by atoms with Crippen LogP contribution < -0.4 is 11.5 Å². The fourth-order valence-corrected chi connectivity index (χ4v) is 1.65. The summed E-state index contributed by atoms with van der Waals surface area (Å²) in [4.78, 5) is 2.09. The van der Waals surface area contributed by atoms with E-state index in [1.165, 1.54) is 6.07 Å². The molecule has 1 aromatic rings. The Bertz CT molecular complexity index is 327. The van der Waals surface area contributed by atoms with E-state index in [1.807, 2.05) is 6.07 Å². The van der Waals surface area contributed by atoms with Gasteiger partial charge in [-0.2, -0.15) is 0 Å². The number of nitrogens with zero attached hydrogens (tertiary/aromatic N) is 1. The molecular formula is C11H17ClFN3. The molecule has 90 valence electrons. The summed E-state index contributed by atoms with van der Waals surface area (Å²) in [6, 6.07) is 4.82. The van der Waals surface area contributed by atoms with Gasteiger partial charge < -0.3 is 11.5 Å². The van der Waals surface area contributed by atoms with Gasteiger partial charge >= 0.3 is 0 Å². The third-order valence-corrected chi connectivity index (χ3v) is 2.59. The first-order chi connectivity index (χ1) is 7.67. The molecule has 4 N–H and O–H groups in total. The Balaban J connectivity index is 2.65. The molecule has 1 rings (SSSR count). The summed E-state index contributed by atoms with van der Waals surface area (Å²) < 4.78 is 13.2. The average Bonchev–Trinajstić information content (AvgIpc) is 2.24. The quantitative estimate of drug-likeness (QED) is 0.792. The van der Waals surface area contributed by atoms with Gasteiger partial charge in [-0.1, -0.05) is 17.7 Å². The standard InChI is InChI=1S/C11H17ClFN3/c12-10-2-1-9(7-11(10)13)8-16(5-3-14)6-4-15/h1-2,7H,3-6,8,14-15H2. The van der Waals surface area contributed by atoms with Crippen molar-refractivity contribution >= 4 is 11.6 Å². The zero-order valence-corrected chi connectivity index (χ0v) is 9.88. The Morgan fingerprint density at radius 1 is 1.19 bits per heavy atom. The van der Waals surface area contributed by atoms with Crippen LogP contribution >= 0.6 is 11.6 Å². The topological polar surface area (TPSA) is 55.3 Å². The number of hydrogen-bond donors (Lipinski definition) is 2. The van der Waals surface area contributed by atoms with Gasteiger partial charge in [0.25, 0.3) is 0 Å². The van der Waals surface area contributed by atoms with Gasteiger partial charge in [0, 0.05) is 32.7 Å². The molecule has 0 aliphatic heterocycles. The molecule has 0 heterocycles. The number of nitrogens with two attached hydrogens (primary N) is 2. The Labute approximate surface area is 100 Å². The molecule has 0 bridgehead atoms. The lowest BCUT2D eigenvalue weighted by atomic mass is 10.2. The van der Waals surface area contributed by atoms with E-state index in [0.717, 1.165) is 18.7 Å². The van der Waals surface area contributed by atoms with Crippen molar-refractivity contribution in [1.29, 1.82) is 0 Å². The lowest BCUT2D eigenvalue weighted by Crippen LogP contribution is -2.33. The van der Waals surface area contributed by atoms with Crippen molar-refractivity contribution in [1.82, 2.24) is 4.90 Å². The molecule has 5 heteroatoms. The maximum atomic E-state index is 13.2. The molecule has 0 saturated carbocycles. The molecule has 0 aliphatic carbocycles. The van der Waals surface area contributed by atoms with Gasteiger partial charge in [0.05, 0.1) is 5.02 Å². The third-order valence-electron chi connectivity index (χ3n) is 2.28. The van der Waals surface area contributed by atoms with E-state index in [-0.39, 0.29) is 10.8 Å². The van der Waals surface area contributed by atoms with Gasteiger partial charge in [-0.15, -0.1) is 0 Å². The van der Waals surface area contributed by atoms with Gasteiger partial charge in [0.15, 0.2) is 0 Å². The van der Waals surface area contributed by atoms with E-state index < -0.39 is 0 Å². The maximum absolute atomic E-state index is 13.2. The molecule has 0 unspecified atom stereocenters. The van der Waals surface area contributed by atoms with Crippen LogP contribution in [0.25, 0.3) is 0 Å². The molecule has 0 saturated heterocycles. The molecule has 0 amide bonds. The first-order valence-corrected chi connectivity index (χ1v) is 5.61. The highest BCUT2D eigenvalue weighted by molar-refractivity contribution is 6.30. The van der Waals surface area contributed by atoms with Crippen molar-refractivity contribution in [2.24, 2.45) is 11.5 Å². The van der Waals surface area contributed by atoms with Crippen LogP contribution in [-0.2, 0) is 6.54 Å². The van der Waals surface area contributed by atoms with Crippen LogP contribution in [0.15, 0.2) is 18.2 Å².